The van der Waals surface area contributed by atoms with Crippen molar-refractivity contribution in [2.24, 2.45) is 23.5 Å². The number of nitrogens with zero attached hydrogens (tertiary/aromatic N) is 1. The molecular formula is C16H37N3O3. The summed E-state index contributed by atoms with van der Waals surface area (Å²) in [6, 6.07) is 0. The highest BCUT2D eigenvalue weighted by Gasteiger charge is 2.06. The number of nitrogens with two attached hydrogens (primary N) is 1. The first-order chi connectivity index (χ1) is 9.38. The van der Waals surface area contributed by atoms with Crippen LogP contribution in [0.1, 0.15) is 49.0 Å². The van der Waals surface area contributed by atoms with Gasteiger partial charge in [0.2, 0.25) is 17.7 Å². The first kappa shape index (κ1) is 28.6. The summed E-state index contributed by atoms with van der Waals surface area (Å²) < 4.78 is 0. The van der Waals surface area contributed by atoms with Crippen LogP contribution < -0.4 is 11.1 Å². The minimum Gasteiger partial charge on any atom is -0.369 e. The maximum atomic E-state index is 10.8. The molecule has 0 atom stereocenters. The van der Waals surface area contributed by atoms with Gasteiger partial charge in [0.15, 0.2) is 0 Å². The van der Waals surface area contributed by atoms with Gasteiger partial charge >= 0.3 is 0 Å². The Kier molecular flexibility index (Phi) is 20.5. The number of amides is 3. The van der Waals surface area contributed by atoms with Crippen molar-refractivity contribution in [3.8, 4) is 0 Å². The van der Waals surface area contributed by atoms with E-state index in [1.807, 2.05) is 27.7 Å². The maximum absolute atomic E-state index is 10.8. The largest absolute Gasteiger partial charge is 0.369 e. The molecule has 0 bridgehead atoms. The van der Waals surface area contributed by atoms with E-state index in [1.54, 1.807) is 39.9 Å². The molecule has 22 heavy (non-hydrogen) atoms. The summed E-state index contributed by atoms with van der Waals surface area (Å²) in [5.41, 5.74) is 4.80. The zero-order chi connectivity index (χ0) is 17.7. The van der Waals surface area contributed by atoms with E-state index >= 15 is 0 Å². The van der Waals surface area contributed by atoms with Gasteiger partial charge in [0.1, 0.15) is 0 Å². The van der Waals surface area contributed by atoms with Crippen LogP contribution in [0.25, 0.3) is 0 Å². The molecule has 6 nitrogen and oxygen atoms in total. The second-order valence-corrected chi connectivity index (χ2v) is 5.71. The Hall–Kier alpha value is -1.59. The fraction of sp³-hybridized carbons (Fsp3) is 0.812. The molecule has 0 heterocycles. The van der Waals surface area contributed by atoms with E-state index < -0.39 is 0 Å². The zero-order valence-corrected chi connectivity index (χ0v) is 15.0. The van der Waals surface area contributed by atoms with Crippen molar-refractivity contribution in [1.82, 2.24) is 10.2 Å². The third-order valence-corrected chi connectivity index (χ3v) is 2.27. The minimum absolute atomic E-state index is 0. The number of hydrogen-bond donors (Lipinski definition) is 2. The van der Waals surface area contributed by atoms with E-state index in [4.69, 9.17) is 5.73 Å². The van der Waals surface area contributed by atoms with Crippen LogP contribution >= 0.6 is 0 Å². The average molecular weight is 319 g/mol. The van der Waals surface area contributed by atoms with Gasteiger partial charge in [0.05, 0.1) is 0 Å². The van der Waals surface area contributed by atoms with Crippen LogP contribution in [0, 0.1) is 17.8 Å². The Morgan fingerprint density at radius 1 is 0.864 bits per heavy atom. The summed E-state index contributed by atoms with van der Waals surface area (Å²) in [6.45, 7) is 11.0. The van der Waals surface area contributed by atoms with Gasteiger partial charge in [-0.1, -0.05) is 49.0 Å². The molecule has 134 valence electrons. The van der Waals surface area contributed by atoms with E-state index in [1.165, 1.54) is 0 Å². The number of carbonyl (C=O) groups is 3. The van der Waals surface area contributed by atoms with Gasteiger partial charge in [0.25, 0.3) is 0 Å². The topological polar surface area (TPSA) is 92.5 Å². The fourth-order valence-electron chi connectivity index (χ4n) is 0.805. The van der Waals surface area contributed by atoms with Gasteiger partial charge in [-0.25, -0.2) is 0 Å². The molecule has 3 amide bonds. The summed E-state index contributed by atoms with van der Waals surface area (Å²) >= 11 is 0. The highest BCUT2D eigenvalue weighted by Crippen LogP contribution is 1.94. The summed E-state index contributed by atoms with van der Waals surface area (Å²) in [7, 11) is 5.17. The van der Waals surface area contributed by atoms with E-state index in [-0.39, 0.29) is 42.9 Å². The molecule has 0 aromatic heterocycles. The summed E-state index contributed by atoms with van der Waals surface area (Å²) in [5, 5.41) is 2.53. The van der Waals surface area contributed by atoms with Gasteiger partial charge in [0, 0.05) is 38.9 Å². The maximum Gasteiger partial charge on any atom is 0.224 e. The molecule has 0 radical (unpaired) electrons. The molecular weight excluding hydrogens is 282 g/mol. The lowest BCUT2D eigenvalue weighted by molar-refractivity contribution is -0.131. The first-order valence-corrected chi connectivity index (χ1v) is 7.10. The summed E-state index contributed by atoms with van der Waals surface area (Å²) in [6.07, 6.45) is 0. The number of primary amides is 1. The molecule has 3 N–H and O–H groups in total. The number of nitrogens with one attached hydrogen (secondary N) is 1. The lowest BCUT2D eigenvalue weighted by Gasteiger charge is -2.11. The van der Waals surface area contributed by atoms with Crippen molar-refractivity contribution >= 4 is 17.7 Å². The van der Waals surface area contributed by atoms with Gasteiger partial charge in [-0.3, -0.25) is 14.4 Å². The molecule has 0 fully saturated rings. The van der Waals surface area contributed by atoms with Crippen LogP contribution in [-0.4, -0.2) is 43.8 Å². The van der Waals surface area contributed by atoms with E-state index in [0.29, 0.717) is 0 Å². The smallest absolute Gasteiger partial charge is 0.224 e. The highest BCUT2D eigenvalue weighted by atomic mass is 16.2. The van der Waals surface area contributed by atoms with E-state index in [9.17, 15) is 14.4 Å². The lowest BCUT2D eigenvalue weighted by Crippen LogP contribution is -2.26. The molecule has 0 aromatic carbocycles. The van der Waals surface area contributed by atoms with Gasteiger partial charge in [-0.05, 0) is 0 Å². The highest BCUT2D eigenvalue weighted by molar-refractivity contribution is 5.77. The normalized spacial score (nSPS) is 8.91. The predicted molar refractivity (Wildman–Crippen MR) is 93.2 cm³/mol. The van der Waals surface area contributed by atoms with Crippen LogP contribution in [0.15, 0.2) is 0 Å². The van der Waals surface area contributed by atoms with E-state index in [0.717, 1.165) is 0 Å². The van der Waals surface area contributed by atoms with Crippen molar-refractivity contribution in [2.75, 3.05) is 21.1 Å². The summed E-state index contributed by atoms with van der Waals surface area (Å²) in [4.78, 5) is 32.7. The third-order valence-electron chi connectivity index (χ3n) is 2.27. The molecule has 0 aliphatic carbocycles. The lowest BCUT2D eigenvalue weighted by atomic mass is 10.2. The van der Waals surface area contributed by atoms with Crippen LogP contribution in [0.4, 0.5) is 0 Å². The van der Waals surface area contributed by atoms with Crippen molar-refractivity contribution in [1.29, 1.82) is 0 Å². The molecule has 0 aromatic rings. The SMILES string of the molecule is C.CC(C)C(=O)N(C)C.CC(C)C(N)=O.CNC(=O)C(C)C. The Labute approximate surface area is 136 Å². The van der Waals surface area contributed by atoms with Crippen LogP contribution in [0.2, 0.25) is 0 Å². The predicted octanol–water partition coefficient (Wildman–Crippen LogP) is 1.88. The van der Waals surface area contributed by atoms with Crippen LogP contribution in [0.5, 0.6) is 0 Å². The molecule has 0 rings (SSSR count). The van der Waals surface area contributed by atoms with Crippen molar-refractivity contribution in [3.63, 3.8) is 0 Å². The number of hydrogen-bond acceptors (Lipinski definition) is 3. The zero-order valence-electron chi connectivity index (χ0n) is 15.0. The summed E-state index contributed by atoms with van der Waals surface area (Å²) in [5.74, 6) is 0.278. The molecule has 0 saturated heterocycles. The number of rotatable bonds is 3. The second-order valence-electron chi connectivity index (χ2n) is 5.71. The molecule has 0 saturated carbocycles. The fourth-order valence-corrected chi connectivity index (χ4v) is 0.805. The first-order valence-electron chi connectivity index (χ1n) is 7.10. The quantitative estimate of drug-likeness (QED) is 0.832. The Bertz CT molecular complexity index is 302. The molecule has 6 heteroatoms. The number of carbonyl (C=O) groups excluding carboxylic acids is 3. The molecule has 0 unspecified atom stereocenters. The van der Waals surface area contributed by atoms with E-state index in [2.05, 4.69) is 5.32 Å². The molecule has 0 aliphatic heterocycles. The monoisotopic (exact) mass is 319 g/mol. The van der Waals surface area contributed by atoms with Gasteiger partial charge < -0.3 is 16.0 Å². The van der Waals surface area contributed by atoms with Crippen molar-refractivity contribution < 1.29 is 14.4 Å². The average Bonchev–Trinajstić information content (AvgIpc) is 2.37. The molecule has 0 spiro atoms. The van der Waals surface area contributed by atoms with Crippen LogP contribution in [0.3, 0.4) is 0 Å². The Morgan fingerprint density at radius 2 is 1.18 bits per heavy atom. The Morgan fingerprint density at radius 3 is 1.18 bits per heavy atom. The van der Waals surface area contributed by atoms with Crippen molar-refractivity contribution in [2.45, 2.75) is 49.0 Å². The third kappa shape index (κ3) is 20.7. The van der Waals surface area contributed by atoms with Gasteiger partial charge in [-0.15, -0.1) is 0 Å². The second kappa shape index (κ2) is 15.8. The van der Waals surface area contributed by atoms with Gasteiger partial charge in [-0.2, -0.15) is 0 Å². The molecule has 0 aliphatic rings. The van der Waals surface area contributed by atoms with Crippen LogP contribution in [-0.2, 0) is 14.4 Å². The standard InChI is InChI=1S/C6H13NO.C5H11NO.C4H9NO.CH4/c1-5(2)6(8)7(3)4;1-4(2)5(7)6-3;1-3(2)4(5)6;/h5H,1-4H3;4H,1-3H3,(H,6,7);3H,1-2H3,(H2,5,6);1H4. The minimum atomic E-state index is -0.241. The Balaban J connectivity index is -0.000000109. The van der Waals surface area contributed by atoms with Crippen molar-refractivity contribution in [3.05, 3.63) is 0 Å².